The topological polar surface area (TPSA) is 91.2 Å². The highest BCUT2D eigenvalue weighted by molar-refractivity contribution is 7.10. The maximum absolute atomic E-state index is 12.5. The minimum atomic E-state index is -0.866. The van der Waals surface area contributed by atoms with Crippen LogP contribution in [0.25, 0.3) is 5.70 Å². The second-order valence-corrected chi connectivity index (χ2v) is 10.7. The van der Waals surface area contributed by atoms with Crippen LogP contribution in [0.4, 0.5) is 0 Å². The quantitative estimate of drug-likeness (QED) is 0.638. The van der Waals surface area contributed by atoms with E-state index in [1.54, 1.807) is 11.3 Å². The second kappa shape index (κ2) is 10.6. The number of nitrogens with zero attached hydrogens (tertiary/aromatic N) is 5. The normalized spacial score (nSPS) is 25.0. The Morgan fingerprint density at radius 1 is 1.06 bits per heavy atom. The van der Waals surface area contributed by atoms with Crippen molar-refractivity contribution in [2.45, 2.75) is 70.4 Å². The summed E-state index contributed by atoms with van der Waals surface area (Å²) < 4.78 is 6.17. The lowest BCUT2D eigenvalue weighted by Crippen LogP contribution is -2.56. The van der Waals surface area contributed by atoms with Gasteiger partial charge in [-0.05, 0) is 50.8 Å². The number of likely N-dealkylation sites (tertiary alicyclic amines) is 1. The highest BCUT2D eigenvalue weighted by Gasteiger charge is 2.44. The Kier molecular flexibility index (Phi) is 7.36. The summed E-state index contributed by atoms with van der Waals surface area (Å²) in [5, 5.41) is 7.50. The predicted molar refractivity (Wildman–Crippen MR) is 139 cm³/mol. The summed E-state index contributed by atoms with van der Waals surface area (Å²) in [4.78, 5) is 25.0. The Balaban J connectivity index is 1.70. The Labute approximate surface area is 211 Å². The number of thiazole rings is 1. The molecule has 0 saturated carbocycles. The van der Waals surface area contributed by atoms with Crippen LogP contribution in [0.5, 0.6) is 0 Å². The van der Waals surface area contributed by atoms with Crippen LogP contribution in [0.1, 0.15) is 74.3 Å². The number of aliphatic imine (C=N–C) groups is 1. The summed E-state index contributed by atoms with van der Waals surface area (Å²) in [6.45, 7) is 5.59. The third-order valence-electron chi connectivity index (χ3n) is 7.16. The average Bonchev–Trinajstić information content (AvgIpc) is 3.34. The predicted octanol–water partition coefficient (Wildman–Crippen LogP) is 4.39. The number of amidine groups is 1. The van der Waals surface area contributed by atoms with E-state index in [2.05, 4.69) is 21.0 Å². The van der Waals surface area contributed by atoms with Crippen molar-refractivity contribution in [2.24, 2.45) is 10.7 Å². The van der Waals surface area contributed by atoms with Crippen molar-refractivity contribution in [3.05, 3.63) is 46.3 Å². The van der Waals surface area contributed by atoms with Crippen LogP contribution < -0.4 is 5.73 Å². The number of nitrogens with two attached hydrogens (primary N) is 1. The number of aromatic nitrogens is 1. The van der Waals surface area contributed by atoms with Crippen LogP contribution in [0, 0.1) is 6.92 Å². The van der Waals surface area contributed by atoms with Crippen molar-refractivity contribution in [1.29, 1.82) is 0 Å². The van der Waals surface area contributed by atoms with Gasteiger partial charge in [0.15, 0.2) is 11.6 Å². The highest BCUT2D eigenvalue weighted by Crippen LogP contribution is 2.39. The van der Waals surface area contributed by atoms with E-state index in [-0.39, 0.29) is 12.3 Å². The van der Waals surface area contributed by atoms with E-state index in [0.29, 0.717) is 5.76 Å². The number of hydrogen-bond donors (Lipinski definition) is 1. The van der Waals surface area contributed by atoms with E-state index < -0.39 is 5.66 Å². The molecule has 3 aliphatic heterocycles. The number of aryl methyl sites for hydroxylation is 1. The largest absolute Gasteiger partial charge is 0.458 e. The molecule has 1 unspecified atom stereocenters. The van der Waals surface area contributed by atoms with E-state index in [4.69, 9.17) is 20.1 Å². The van der Waals surface area contributed by atoms with Gasteiger partial charge in [-0.2, -0.15) is 0 Å². The summed E-state index contributed by atoms with van der Waals surface area (Å²) in [6, 6.07) is 3.96. The molecule has 2 aromatic rings. The van der Waals surface area contributed by atoms with Crippen molar-refractivity contribution in [2.75, 3.05) is 26.2 Å². The molecule has 2 fully saturated rings. The maximum atomic E-state index is 12.5. The number of carbonyl (C=O) groups is 1. The molecule has 0 spiro atoms. The maximum Gasteiger partial charge on any atom is 0.221 e. The number of rotatable bonds is 6. The monoisotopic (exact) mass is 496 g/mol. The van der Waals surface area contributed by atoms with Crippen LogP contribution in [0.3, 0.4) is 0 Å². The molecule has 0 bridgehead atoms. The van der Waals surface area contributed by atoms with Gasteiger partial charge in [0.25, 0.3) is 0 Å². The first-order chi connectivity index (χ1) is 17.1. The van der Waals surface area contributed by atoms with Gasteiger partial charge in [0.1, 0.15) is 16.4 Å². The molecule has 2 saturated heterocycles. The van der Waals surface area contributed by atoms with Crippen molar-refractivity contribution >= 4 is 28.8 Å². The molecular weight excluding hydrogens is 460 g/mol. The van der Waals surface area contributed by atoms with Gasteiger partial charge < -0.3 is 10.2 Å². The zero-order chi connectivity index (χ0) is 24.3. The van der Waals surface area contributed by atoms with E-state index in [1.807, 2.05) is 30.6 Å². The molecule has 1 amide bonds. The van der Waals surface area contributed by atoms with E-state index in [0.717, 1.165) is 74.2 Å². The molecular formula is C26H36N6O2S. The minimum Gasteiger partial charge on any atom is -0.458 e. The first-order valence-electron chi connectivity index (χ1n) is 12.9. The fourth-order valence-corrected chi connectivity index (χ4v) is 6.13. The van der Waals surface area contributed by atoms with Gasteiger partial charge in [0.05, 0.1) is 12.1 Å². The Morgan fingerprint density at radius 3 is 2.31 bits per heavy atom. The average molecular weight is 497 g/mol. The summed E-state index contributed by atoms with van der Waals surface area (Å²) >= 11 is 1.61. The van der Waals surface area contributed by atoms with E-state index in [9.17, 15) is 4.79 Å². The van der Waals surface area contributed by atoms with Gasteiger partial charge in [-0.3, -0.25) is 14.7 Å². The number of amides is 1. The molecule has 1 atom stereocenters. The van der Waals surface area contributed by atoms with Crippen LogP contribution in [0.2, 0.25) is 0 Å². The van der Waals surface area contributed by atoms with E-state index >= 15 is 0 Å². The van der Waals surface area contributed by atoms with Crippen LogP contribution in [-0.4, -0.2) is 63.5 Å². The molecule has 188 valence electrons. The van der Waals surface area contributed by atoms with Crippen molar-refractivity contribution < 1.29 is 9.21 Å². The van der Waals surface area contributed by atoms with Crippen molar-refractivity contribution in [3.8, 4) is 0 Å². The molecule has 0 aromatic carbocycles. The third-order valence-corrected chi connectivity index (χ3v) is 7.96. The number of furan rings is 1. The zero-order valence-electron chi connectivity index (χ0n) is 20.6. The Morgan fingerprint density at radius 2 is 1.74 bits per heavy atom. The standard InChI is InChI=1S/C26H36N6O2S/c1-20-10-11-22(34-20)24-29-26(19-23(27)33,30-13-6-2-3-7-14-30)18-21(25-28-12-17-35-25)32(24)31-15-8-4-5-9-16-31/h10-12,17-18H,2-9,13-16,19H2,1H3,(H2,27,33). The molecule has 8 nitrogen and oxygen atoms in total. The van der Waals surface area contributed by atoms with Gasteiger partial charge >= 0.3 is 0 Å². The number of hydrogen-bond acceptors (Lipinski definition) is 8. The second-order valence-electron chi connectivity index (χ2n) is 9.82. The van der Waals surface area contributed by atoms with Crippen molar-refractivity contribution in [1.82, 2.24) is 19.9 Å². The molecule has 0 radical (unpaired) electrons. The summed E-state index contributed by atoms with van der Waals surface area (Å²) in [7, 11) is 0. The van der Waals surface area contributed by atoms with E-state index in [1.165, 1.54) is 25.7 Å². The van der Waals surface area contributed by atoms with Gasteiger partial charge in [0.2, 0.25) is 5.91 Å². The minimum absolute atomic E-state index is 0.124. The van der Waals surface area contributed by atoms with Gasteiger partial charge in [-0.25, -0.2) is 15.0 Å². The van der Waals surface area contributed by atoms with Crippen LogP contribution in [0.15, 0.2) is 39.2 Å². The smallest absolute Gasteiger partial charge is 0.221 e. The molecule has 2 aromatic heterocycles. The molecule has 3 aliphatic rings. The van der Waals surface area contributed by atoms with Gasteiger partial charge in [-0.15, -0.1) is 11.3 Å². The Hall–Kier alpha value is -2.49. The van der Waals surface area contributed by atoms with Crippen molar-refractivity contribution in [3.63, 3.8) is 0 Å². The van der Waals surface area contributed by atoms with Crippen LogP contribution >= 0.6 is 11.3 Å². The highest BCUT2D eigenvalue weighted by atomic mass is 32.1. The Bertz CT molecular complexity index is 1060. The lowest BCUT2D eigenvalue weighted by Gasteiger charge is -2.46. The SMILES string of the molecule is Cc1ccc(C2=NC(CC(N)=O)(N3CCCCCC3)C=C(c3nccs3)N2N2CCCCCC2)o1. The molecule has 5 rings (SSSR count). The third kappa shape index (κ3) is 5.22. The fraction of sp³-hybridized carbons (Fsp3) is 0.577. The molecule has 35 heavy (non-hydrogen) atoms. The number of primary amides is 1. The summed E-state index contributed by atoms with van der Waals surface area (Å²) in [5.41, 5.74) is 5.98. The summed E-state index contributed by atoms with van der Waals surface area (Å²) in [6.07, 6.45) is 13.4. The lowest BCUT2D eigenvalue weighted by molar-refractivity contribution is -0.120. The molecule has 0 aliphatic carbocycles. The fourth-order valence-electron chi connectivity index (χ4n) is 5.49. The van der Waals surface area contributed by atoms with Gasteiger partial charge in [0, 0.05) is 37.8 Å². The first kappa shape index (κ1) is 24.2. The lowest BCUT2D eigenvalue weighted by atomic mass is 9.98. The first-order valence-corrected chi connectivity index (χ1v) is 13.8. The molecule has 5 heterocycles. The number of carbonyl (C=O) groups excluding carboxylic acids is 1. The molecule has 2 N–H and O–H groups in total. The van der Waals surface area contributed by atoms with Crippen LogP contribution in [-0.2, 0) is 4.79 Å². The zero-order valence-corrected chi connectivity index (χ0v) is 21.4. The summed E-state index contributed by atoms with van der Waals surface area (Å²) in [5.74, 6) is 1.92. The van der Waals surface area contributed by atoms with Gasteiger partial charge in [-0.1, -0.05) is 25.7 Å². The molecule has 9 heteroatoms. The number of hydrazine groups is 1.